The molecule has 0 aliphatic rings. The molecular weight excluding hydrogens is 215 g/mol. The van der Waals surface area contributed by atoms with E-state index in [1.165, 1.54) is 12.8 Å². The van der Waals surface area contributed by atoms with Crippen molar-refractivity contribution in [3.8, 4) is 0 Å². The molecule has 3 nitrogen and oxygen atoms in total. The van der Waals surface area contributed by atoms with Crippen molar-refractivity contribution in [3.05, 3.63) is 0 Å². The fraction of sp³-hybridized carbons (Fsp3) is 1.00. The van der Waals surface area contributed by atoms with Gasteiger partial charge in [0.05, 0.1) is 0 Å². The van der Waals surface area contributed by atoms with Crippen molar-refractivity contribution >= 4 is 46.0 Å². The standard InChI is InChI=1S/C8H17O3P.Ca.2H/c1-3-5-6-8(4-2)7-11-12(9)10;;;/h8H,3-7H2,1-2H3;;;/q;+2;2*-1/p+1. The second-order valence-corrected chi connectivity index (χ2v) is 3.68. The Morgan fingerprint density at radius 2 is 2.15 bits per heavy atom. The predicted molar refractivity (Wildman–Crippen MR) is 57.1 cm³/mol. The van der Waals surface area contributed by atoms with Crippen molar-refractivity contribution in [3.63, 3.8) is 0 Å². The Bertz CT molecular complexity index is 141. The van der Waals surface area contributed by atoms with Gasteiger partial charge in [-0.25, -0.2) is 0 Å². The Kier molecular flexibility index (Phi) is 14.6. The van der Waals surface area contributed by atoms with Gasteiger partial charge >= 0.3 is 46.0 Å². The van der Waals surface area contributed by atoms with Crippen LogP contribution in [0, 0.1) is 5.92 Å². The molecule has 0 aromatic rings. The van der Waals surface area contributed by atoms with Crippen LogP contribution < -0.4 is 0 Å². The topological polar surface area (TPSA) is 46.5 Å². The summed E-state index contributed by atoms with van der Waals surface area (Å²) >= 11 is 0. The summed E-state index contributed by atoms with van der Waals surface area (Å²) in [4.78, 5) is 8.41. The SMILES string of the molecule is CCCCC(CC)CO[P+](=O)O.[Ca+2].[H-].[H-]. The molecule has 0 aliphatic heterocycles. The van der Waals surface area contributed by atoms with E-state index in [1.807, 2.05) is 0 Å². The molecule has 5 heteroatoms. The maximum absolute atomic E-state index is 10.2. The second-order valence-electron chi connectivity index (χ2n) is 2.95. The zero-order valence-electron chi connectivity index (χ0n) is 10.5. The third-order valence-electron chi connectivity index (χ3n) is 1.96. The number of rotatable bonds is 7. The molecule has 0 saturated heterocycles. The first kappa shape index (κ1) is 16.7. The van der Waals surface area contributed by atoms with Crippen molar-refractivity contribution in [2.75, 3.05) is 6.61 Å². The number of hydrogen-bond donors (Lipinski definition) is 1. The first-order valence-corrected chi connectivity index (χ1v) is 5.62. The quantitative estimate of drug-likeness (QED) is 0.545. The molecule has 0 aromatic carbocycles. The van der Waals surface area contributed by atoms with Crippen molar-refractivity contribution < 1.29 is 16.8 Å². The first-order valence-electron chi connectivity index (χ1n) is 4.49. The van der Waals surface area contributed by atoms with Gasteiger partial charge in [0.1, 0.15) is 6.61 Å². The minimum absolute atomic E-state index is 0. The fourth-order valence-corrected chi connectivity index (χ4v) is 1.41. The van der Waals surface area contributed by atoms with E-state index in [1.54, 1.807) is 0 Å². The monoisotopic (exact) mass is 235 g/mol. The van der Waals surface area contributed by atoms with Crippen molar-refractivity contribution in [1.29, 1.82) is 0 Å². The van der Waals surface area contributed by atoms with Crippen LogP contribution in [0.25, 0.3) is 0 Å². The Balaban J connectivity index is -0.000000202. The van der Waals surface area contributed by atoms with Gasteiger partial charge < -0.3 is 2.85 Å². The van der Waals surface area contributed by atoms with E-state index >= 15 is 0 Å². The summed E-state index contributed by atoms with van der Waals surface area (Å²) in [5, 5.41) is 0. The summed E-state index contributed by atoms with van der Waals surface area (Å²) in [6.07, 6.45) is 4.45. The molecule has 0 rings (SSSR count). The van der Waals surface area contributed by atoms with E-state index in [-0.39, 0.29) is 40.6 Å². The van der Waals surface area contributed by atoms with E-state index in [0.717, 1.165) is 12.8 Å². The molecule has 0 aliphatic carbocycles. The zero-order chi connectivity index (χ0) is 9.40. The van der Waals surface area contributed by atoms with Gasteiger partial charge in [0.15, 0.2) is 0 Å². The average molecular weight is 235 g/mol. The van der Waals surface area contributed by atoms with Crippen molar-refractivity contribution in [2.24, 2.45) is 5.92 Å². The zero-order valence-corrected chi connectivity index (χ0v) is 11.6. The van der Waals surface area contributed by atoms with E-state index in [2.05, 4.69) is 18.4 Å². The molecule has 13 heavy (non-hydrogen) atoms. The summed E-state index contributed by atoms with van der Waals surface area (Å²) in [5.41, 5.74) is 0. The summed E-state index contributed by atoms with van der Waals surface area (Å²) in [5.74, 6) is 0.441. The fourth-order valence-electron chi connectivity index (χ4n) is 1.07. The van der Waals surface area contributed by atoms with Crippen molar-refractivity contribution in [1.82, 2.24) is 0 Å². The predicted octanol–water partition coefficient (Wildman–Crippen LogP) is 2.71. The van der Waals surface area contributed by atoms with E-state index in [9.17, 15) is 4.57 Å². The molecule has 76 valence electrons. The van der Waals surface area contributed by atoms with Gasteiger partial charge in [-0.2, -0.15) is 0 Å². The van der Waals surface area contributed by atoms with Crippen LogP contribution in [0.2, 0.25) is 0 Å². The van der Waals surface area contributed by atoms with Gasteiger partial charge in [-0.05, 0) is 12.3 Å². The maximum Gasteiger partial charge on any atom is 2.00 e. The number of unbranched alkanes of at least 4 members (excludes halogenated alkanes) is 1. The molecule has 0 radical (unpaired) electrons. The summed E-state index contributed by atoms with van der Waals surface area (Å²) < 4.78 is 14.9. The maximum atomic E-state index is 10.2. The van der Waals surface area contributed by atoms with Crippen molar-refractivity contribution in [2.45, 2.75) is 39.5 Å². The molecule has 0 fully saturated rings. The number of hydrogen-bond acceptors (Lipinski definition) is 2. The van der Waals surface area contributed by atoms with Crippen LogP contribution in [0.5, 0.6) is 0 Å². The smallest absolute Gasteiger partial charge is 1.00 e. The summed E-state index contributed by atoms with van der Waals surface area (Å²) in [6, 6.07) is 0. The van der Waals surface area contributed by atoms with Gasteiger partial charge in [0.2, 0.25) is 0 Å². The van der Waals surface area contributed by atoms with Crippen LogP contribution in [-0.4, -0.2) is 49.2 Å². The van der Waals surface area contributed by atoms with Crippen LogP contribution in [-0.2, 0) is 9.09 Å². The molecule has 2 atom stereocenters. The Hall–Kier alpha value is 1.28. The van der Waals surface area contributed by atoms with Gasteiger partial charge in [-0.1, -0.05) is 33.1 Å². The molecule has 0 aromatic heterocycles. The second kappa shape index (κ2) is 11.4. The molecule has 0 saturated carbocycles. The Morgan fingerprint density at radius 3 is 2.54 bits per heavy atom. The Morgan fingerprint density at radius 1 is 1.54 bits per heavy atom. The normalized spacial score (nSPS) is 13.3. The third-order valence-corrected chi connectivity index (χ3v) is 2.33. The van der Waals surface area contributed by atoms with Crippen LogP contribution >= 0.6 is 8.25 Å². The van der Waals surface area contributed by atoms with E-state index < -0.39 is 8.25 Å². The largest absolute Gasteiger partial charge is 2.00 e. The van der Waals surface area contributed by atoms with Gasteiger partial charge in [-0.15, -0.1) is 9.42 Å². The van der Waals surface area contributed by atoms with Gasteiger partial charge in [0.25, 0.3) is 0 Å². The molecule has 0 heterocycles. The molecule has 0 amide bonds. The minimum atomic E-state index is -2.40. The summed E-state index contributed by atoms with van der Waals surface area (Å²) in [6.45, 7) is 4.64. The summed E-state index contributed by atoms with van der Waals surface area (Å²) in [7, 11) is -2.40. The first-order chi connectivity index (χ1) is 5.70. The molecule has 2 unspecified atom stereocenters. The average Bonchev–Trinajstić information content (AvgIpc) is 2.05. The van der Waals surface area contributed by atoms with Gasteiger partial charge in [0, 0.05) is 4.57 Å². The van der Waals surface area contributed by atoms with Gasteiger partial charge in [-0.3, -0.25) is 0 Å². The molecule has 0 bridgehead atoms. The minimum Gasteiger partial charge on any atom is -1.00 e. The van der Waals surface area contributed by atoms with E-state index in [0.29, 0.717) is 12.5 Å². The van der Waals surface area contributed by atoms with Crippen LogP contribution in [0.1, 0.15) is 42.4 Å². The molecule has 1 N–H and O–H groups in total. The third kappa shape index (κ3) is 11.2. The van der Waals surface area contributed by atoms with Crippen LogP contribution in [0.3, 0.4) is 0 Å². The van der Waals surface area contributed by atoms with Crippen LogP contribution in [0.15, 0.2) is 0 Å². The molecule has 0 spiro atoms. The molecular formula is C8H20CaO3P+. The van der Waals surface area contributed by atoms with Crippen LogP contribution in [0.4, 0.5) is 0 Å². The van der Waals surface area contributed by atoms with E-state index in [4.69, 9.17) is 4.89 Å². The Labute approximate surface area is 114 Å².